The van der Waals surface area contributed by atoms with Crippen molar-refractivity contribution in [1.29, 1.82) is 0 Å². The second-order valence-electron chi connectivity index (χ2n) is 7.95. The van der Waals surface area contributed by atoms with Crippen LogP contribution in [0.5, 0.6) is 0 Å². The Bertz CT molecular complexity index is 756. The summed E-state index contributed by atoms with van der Waals surface area (Å²) in [5.41, 5.74) is 5.11. The lowest BCUT2D eigenvalue weighted by Crippen LogP contribution is -2.34. The molecule has 5 nitrogen and oxygen atoms in total. The van der Waals surface area contributed by atoms with Crippen molar-refractivity contribution in [2.24, 2.45) is 21.8 Å². The molecule has 2 fully saturated rings. The smallest absolute Gasteiger partial charge is 0.191 e. The molecule has 134 valence electrons. The van der Waals surface area contributed by atoms with Gasteiger partial charge in [0.15, 0.2) is 10.9 Å². The minimum absolute atomic E-state index is 0.0445. The van der Waals surface area contributed by atoms with Gasteiger partial charge in [-0.1, -0.05) is 32.9 Å². The highest BCUT2D eigenvalue weighted by atomic mass is 32.1. The lowest BCUT2D eigenvalue weighted by atomic mass is 9.70. The molecule has 1 aromatic carbocycles. The number of ketones is 1. The number of hydrogen-bond acceptors (Lipinski definition) is 4. The van der Waals surface area contributed by atoms with Crippen molar-refractivity contribution in [1.82, 2.24) is 5.43 Å². The molecule has 0 aliphatic heterocycles. The number of benzene rings is 1. The molecule has 3 rings (SSSR count). The minimum atomic E-state index is -0.301. The maximum absolute atomic E-state index is 12.8. The Kier molecular flexibility index (Phi) is 4.35. The first-order valence-electron chi connectivity index (χ1n) is 8.64. The summed E-state index contributed by atoms with van der Waals surface area (Å²) in [5, 5.41) is 7.95. The molecule has 2 aliphatic carbocycles. The van der Waals surface area contributed by atoms with E-state index >= 15 is 0 Å². The van der Waals surface area contributed by atoms with Gasteiger partial charge in [-0.15, -0.1) is 0 Å². The number of hydrazone groups is 1. The first-order chi connectivity index (χ1) is 11.7. The van der Waals surface area contributed by atoms with Crippen LogP contribution in [-0.4, -0.2) is 30.7 Å². The molecule has 0 radical (unpaired) electrons. The summed E-state index contributed by atoms with van der Waals surface area (Å²) in [6.07, 6.45) is 1.96. The molecule has 2 atom stereocenters. The zero-order valence-electron chi connectivity index (χ0n) is 15.5. The number of hydrogen-bond donors (Lipinski definition) is 2. The van der Waals surface area contributed by atoms with E-state index in [1.807, 2.05) is 43.3 Å². The number of anilines is 2. The highest BCUT2D eigenvalue weighted by Gasteiger charge is 2.65. The number of thiocarbonyl (C=S) groups is 1. The van der Waals surface area contributed by atoms with Crippen LogP contribution in [0.2, 0.25) is 0 Å². The maximum Gasteiger partial charge on any atom is 0.191 e. The number of fused-ring (bicyclic) bond motifs is 2. The minimum Gasteiger partial charge on any atom is -0.376 e. The van der Waals surface area contributed by atoms with Gasteiger partial charge in [0.05, 0.1) is 11.4 Å². The Morgan fingerprint density at radius 2 is 1.96 bits per heavy atom. The van der Waals surface area contributed by atoms with Crippen LogP contribution >= 0.6 is 12.2 Å². The van der Waals surface area contributed by atoms with Crippen LogP contribution in [0.15, 0.2) is 29.4 Å². The Morgan fingerprint density at radius 3 is 2.56 bits per heavy atom. The first-order valence-corrected chi connectivity index (χ1v) is 9.05. The quantitative estimate of drug-likeness (QED) is 0.640. The number of para-hydroxylation sites is 2. The van der Waals surface area contributed by atoms with Crippen LogP contribution in [0.25, 0.3) is 0 Å². The van der Waals surface area contributed by atoms with Crippen LogP contribution in [-0.2, 0) is 4.79 Å². The molecule has 0 heterocycles. The van der Waals surface area contributed by atoms with Crippen LogP contribution in [0, 0.1) is 16.7 Å². The number of rotatable bonds is 3. The van der Waals surface area contributed by atoms with E-state index in [1.54, 1.807) is 0 Å². The van der Waals surface area contributed by atoms with Gasteiger partial charge in [0.2, 0.25) is 0 Å². The predicted molar refractivity (Wildman–Crippen MR) is 107 cm³/mol. The average Bonchev–Trinajstić information content (AvgIpc) is 2.86. The summed E-state index contributed by atoms with van der Waals surface area (Å²) in [4.78, 5) is 14.8. The molecule has 0 spiro atoms. The molecule has 0 saturated heterocycles. The summed E-state index contributed by atoms with van der Waals surface area (Å²) in [6, 6.07) is 7.91. The number of Topliss-reactive ketones (excluding diaryl/α,β-unsaturated/α-hetero) is 1. The number of carbonyl (C=O) groups excluding carboxylic acids is 1. The normalized spacial score (nSPS) is 28.3. The molecule has 2 saturated carbocycles. The van der Waals surface area contributed by atoms with Crippen molar-refractivity contribution in [3.63, 3.8) is 0 Å². The summed E-state index contributed by atoms with van der Waals surface area (Å²) < 4.78 is 0. The van der Waals surface area contributed by atoms with E-state index in [9.17, 15) is 4.79 Å². The Morgan fingerprint density at radius 1 is 1.28 bits per heavy atom. The van der Waals surface area contributed by atoms with Crippen molar-refractivity contribution in [2.45, 2.75) is 33.6 Å². The highest BCUT2D eigenvalue weighted by molar-refractivity contribution is 7.80. The zero-order chi connectivity index (χ0) is 18.4. The van der Waals surface area contributed by atoms with Gasteiger partial charge in [-0.3, -0.25) is 10.2 Å². The fourth-order valence-corrected chi connectivity index (χ4v) is 4.34. The third-order valence-electron chi connectivity index (χ3n) is 6.20. The van der Waals surface area contributed by atoms with E-state index in [4.69, 9.17) is 12.2 Å². The van der Waals surface area contributed by atoms with Gasteiger partial charge in [-0.25, -0.2) is 0 Å². The first kappa shape index (κ1) is 17.9. The van der Waals surface area contributed by atoms with Gasteiger partial charge in [0.1, 0.15) is 5.71 Å². The third kappa shape index (κ3) is 2.72. The molecule has 0 amide bonds. The standard InChI is InChI=1S/C19H26N4OS/c1-18(2)12-10-11-19(18,3)16(24)15(12)21-22-17(25)20-13-8-6-7-9-14(13)23(4)5/h6-9,12H,10-11H2,1-5H3,(H2,20,22,25)/b21-15+/t12-,19+/m1/s1. The molecular weight excluding hydrogens is 332 g/mol. The van der Waals surface area contributed by atoms with Crippen molar-refractivity contribution in [2.75, 3.05) is 24.3 Å². The van der Waals surface area contributed by atoms with E-state index in [0.29, 0.717) is 10.8 Å². The topological polar surface area (TPSA) is 56.7 Å². The van der Waals surface area contributed by atoms with E-state index in [-0.39, 0.29) is 22.5 Å². The predicted octanol–water partition coefficient (Wildman–Crippen LogP) is 3.42. The number of nitrogens with one attached hydrogen (secondary N) is 2. The summed E-state index contributed by atoms with van der Waals surface area (Å²) in [6.45, 7) is 6.42. The molecule has 0 aromatic heterocycles. The lowest BCUT2D eigenvalue weighted by molar-refractivity contribution is -0.123. The van der Waals surface area contributed by atoms with Crippen LogP contribution in [0.4, 0.5) is 11.4 Å². The molecule has 1 aromatic rings. The van der Waals surface area contributed by atoms with E-state index < -0.39 is 0 Å². The van der Waals surface area contributed by atoms with Crippen LogP contribution in [0.1, 0.15) is 33.6 Å². The summed E-state index contributed by atoms with van der Waals surface area (Å²) in [7, 11) is 3.96. The SMILES string of the molecule is CN(C)c1ccccc1NC(=S)N/N=C1/C(=O)[C@]2(C)CC[C@H]1C2(C)C. The van der Waals surface area contributed by atoms with Gasteiger partial charge >= 0.3 is 0 Å². The van der Waals surface area contributed by atoms with Crippen LogP contribution < -0.4 is 15.6 Å². The molecule has 2 bridgehead atoms. The van der Waals surface area contributed by atoms with Crippen LogP contribution in [0.3, 0.4) is 0 Å². The van der Waals surface area contributed by atoms with Gasteiger partial charge in [0, 0.05) is 25.4 Å². The average molecular weight is 359 g/mol. The fourth-order valence-electron chi connectivity index (χ4n) is 4.19. The largest absolute Gasteiger partial charge is 0.376 e. The molecule has 0 unspecified atom stereocenters. The van der Waals surface area contributed by atoms with Gasteiger partial charge in [0.25, 0.3) is 0 Å². The molecule has 25 heavy (non-hydrogen) atoms. The Labute approximate surface area is 154 Å². The summed E-state index contributed by atoms with van der Waals surface area (Å²) >= 11 is 5.37. The molecule has 6 heteroatoms. The van der Waals surface area contributed by atoms with Crippen molar-refractivity contribution in [3.05, 3.63) is 24.3 Å². The monoisotopic (exact) mass is 358 g/mol. The maximum atomic E-state index is 12.8. The third-order valence-corrected chi connectivity index (χ3v) is 6.40. The lowest BCUT2D eigenvalue weighted by Gasteiger charge is -2.31. The zero-order valence-corrected chi connectivity index (χ0v) is 16.3. The van der Waals surface area contributed by atoms with Crippen molar-refractivity contribution >= 4 is 40.2 Å². The van der Waals surface area contributed by atoms with Gasteiger partial charge < -0.3 is 10.2 Å². The van der Waals surface area contributed by atoms with E-state index in [0.717, 1.165) is 24.2 Å². The Hall–Kier alpha value is -1.95. The van der Waals surface area contributed by atoms with E-state index in [2.05, 4.69) is 36.6 Å². The Balaban J connectivity index is 1.74. The van der Waals surface area contributed by atoms with Crippen molar-refractivity contribution < 1.29 is 4.79 Å². The van der Waals surface area contributed by atoms with E-state index in [1.165, 1.54) is 0 Å². The highest BCUT2D eigenvalue weighted by Crippen LogP contribution is 2.62. The second kappa shape index (κ2) is 6.09. The number of carbonyl (C=O) groups is 1. The van der Waals surface area contributed by atoms with Crippen molar-refractivity contribution in [3.8, 4) is 0 Å². The molecular formula is C19H26N4OS. The molecule has 2 N–H and O–H groups in total. The molecule has 2 aliphatic rings. The second-order valence-corrected chi connectivity index (χ2v) is 8.36. The summed E-state index contributed by atoms with van der Waals surface area (Å²) in [5.74, 6) is 0.368. The van der Waals surface area contributed by atoms with Gasteiger partial charge in [-0.05, 0) is 42.6 Å². The van der Waals surface area contributed by atoms with Gasteiger partial charge in [-0.2, -0.15) is 5.10 Å². The number of nitrogens with zero attached hydrogens (tertiary/aromatic N) is 2. The fraction of sp³-hybridized carbons (Fsp3) is 0.526.